The van der Waals surface area contributed by atoms with E-state index in [4.69, 9.17) is 17.3 Å². The zero-order chi connectivity index (χ0) is 14.4. The number of aromatic nitrogens is 2. The highest BCUT2D eigenvalue weighted by atomic mass is 35.5. The highest BCUT2D eigenvalue weighted by Gasteiger charge is 2.17. The lowest BCUT2D eigenvalue weighted by molar-refractivity contribution is 0.579. The molecule has 0 bridgehead atoms. The number of nitrogens with zero attached hydrogens (tertiary/aromatic N) is 2. The third-order valence-electron chi connectivity index (χ3n) is 3.04. The second-order valence-electron chi connectivity index (χ2n) is 4.52. The van der Waals surface area contributed by atoms with Gasteiger partial charge in [-0.3, -0.25) is 4.57 Å². The number of aryl methyl sites for hydroxylation is 1. The van der Waals surface area contributed by atoms with E-state index in [9.17, 15) is 8.78 Å². The molecule has 0 saturated heterocycles. The first-order valence-electron chi connectivity index (χ1n) is 5.87. The van der Waals surface area contributed by atoms with Gasteiger partial charge in [0.05, 0.1) is 16.1 Å². The summed E-state index contributed by atoms with van der Waals surface area (Å²) in [6.07, 6.45) is 0. The number of benzene rings is 2. The molecule has 2 aromatic carbocycles. The minimum absolute atomic E-state index is 0.00285. The van der Waals surface area contributed by atoms with Crippen molar-refractivity contribution in [3.63, 3.8) is 0 Å². The first-order valence-corrected chi connectivity index (χ1v) is 6.24. The van der Waals surface area contributed by atoms with E-state index in [1.54, 1.807) is 6.07 Å². The third-order valence-corrected chi connectivity index (χ3v) is 3.33. The van der Waals surface area contributed by atoms with E-state index in [0.717, 1.165) is 17.7 Å². The fraction of sp³-hybridized carbons (Fsp3) is 0.0714. The number of hydrogen-bond donors (Lipinski definition) is 1. The van der Waals surface area contributed by atoms with Gasteiger partial charge in [0.2, 0.25) is 5.95 Å². The van der Waals surface area contributed by atoms with Gasteiger partial charge in [-0.25, -0.2) is 13.8 Å². The summed E-state index contributed by atoms with van der Waals surface area (Å²) >= 11 is 5.95. The van der Waals surface area contributed by atoms with Gasteiger partial charge in [-0.05, 0) is 30.7 Å². The Morgan fingerprint density at radius 1 is 1.20 bits per heavy atom. The topological polar surface area (TPSA) is 43.8 Å². The molecule has 0 aliphatic heterocycles. The van der Waals surface area contributed by atoms with E-state index in [2.05, 4.69) is 4.98 Å². The SMILES string of the molecule is Cc1ccc2c(c1)nc(N)n2-c1c(F)cc(F)cc1Cl. The minimum Gasteiger partial charge on any atom is -0.369 e. The third kappa shape index (κ3) is 1.91. The maximum atomic E-state index is 14.0. The molecule has 0 unspecified atom stereocenters. The maximum Gasteiger partial charge on any atom is 0.206 e. The summed E-state index contributed by atoms with van der Waals surface area (Å²) in [4.78, 5) is 4.18. The molecule has 0 saturated carbocycles. The lowest BCUT2D eigenvalue weighted by atomic mass is 10.2. The Morgan fingerprint density at radius 2 is 1.95 bits per heavy atom. The summed E-state index contributed by atoms with van der Waals surface area (Å²) in [5.74, 6) is -1.44. The molecule has 0 fully saturated rings. The molecule has 6 heteroatoms. The number of fused-ring (bicyclic) bond motifs is 1. The molecule has 102 valence electrons. The lowest BCUT2D eigenvalue weighted by Crippen LogP contribution is -2.04. The van der Waals surface area contributed by atoms with Crippen LogP contribution in [0.4, 0.5) is 14.7 Å². The van der Waals surface area contributed by atoms with E-state index in [1.165, 1.54) is 4.57 Å². The van der Waals surface area contributed by atoms with Crippen molar-refractivity contribution in [1.82, 2.24) is 9.55 Å². The smallest absolute Gasteiger partial charge is 0.206 e. The predicted octanol–water partition coefficient (Wildman–Crippen LogP) is 3.85. The summed E-state index contributed by atoms with van der Waals surface area (Å²) in [5.41, 5.74) is 8.09. The highest BCUT2D eigenvalue weighted by molar-refractivity contribution is 6.32. The average Bonchev–Trinajstić information content (AvgIpc) is 2.64. The van der Waals surface area contributed by atoms with Crippen LogP contribution in [0.25, 0.3) is 16.7 Å². The maximum absolute atomic E-state index is 14.0. The molecule has 2 N–H and O–H groups in total. The second kappa shape index (κ2) is 4.45. The molecule has 0 atom stereocenters. The van der Waals surface area contributed by atoms with E-state index < -0.39 is 11.6 Å². The van der Waals surface area contributed by atoms with Crippen molar-refractivity contribution in [2.24, 2.45) is 0 Å². The van der Waals surface area contributed by atoms with Gasteiger partial charge in [0.15, 0.2) is 5.82 Å². The fourth-order valence-electron chi connectivity index (χ4n) is 2.19. The molecule has 0 aliphatic carbocycles. The molecular formula is C14H10ClF2N3. The van der Waals surface area contributed by atoms with Gasteiger partial charge in [-0.1, -0.05) is 17.7 Å². The van der Waals surface area contributed by atoms with Crippen LogP contribution in [-0.4, -0.2) is 9.55 Å². The number of anilines is 1. The molecule has 3 aromatic rings. The summed E-state index contributed by atoms with van der Waals surface area (Å²) < 4.78 is 28.6. The Balaban J connectivity index is 2.38. The van der Waals surface area contributed by atoms with Gasteiger partial charge in [0.25, 0.3) is 0 Å². The largest absolute Gasteiger partial charge is 0.369 e. The van der Waals surface area contributed by atoms with Crippen molar-refractivity contribution in [1.29, 1.82) is 0 Å². The first-order chi connectivity index (χ1) is 9.47. The molecule has 3 rings (SSSR count). The van der Waals surface area contributed by atoms with Gasteiger partial charge < -0.3 is 5.73 Å². The fourth-order valence-corrected chi connectivity index (χ4v) is 2.47. The van der Waals surface area contributed by atoms with Crippen molar-refractivity contribution in [2.75, 3.05) is 5.73 Å². The Labute approximate surface area is 118 Å². The van der Waals surface area contributed by atoms with Crippen molar-refractivity contribution in [2.45, 2.75) is 6.92 Å². The van der Waals surface area contributed by atoms with Gasteiger partial charge in [-0.2, -0.15) is 0 Å². The summed E-state index contributed by atoms with van der Waals surface area (Å²) in [7, 11) is 0. The summed E-state index contributed by atoms with van der Waals surface area (Å²) in [5, 5.41) is -0.0610. The molecule has 1 aromatic heterocycles. The van der Waals surface area contributed by atoms with Crippen LogP contribution in [0, 0.1) is 18.6 Å². The standard InChI is InChI=1S/C14H10ClF2N3/c1-7-2-3-12-11(4-7)19-14(18)20(12)13-9(15)5-8(16)6-10(13)17/h2-6H,1H3,(H2,18,19). The zero-order valence-corrected chi connectivity index (χ0v) is 11.2. The van der Waals surface area contributed by atoms with Crippen molar-refractivity contribution >= 4 is 28.6 Å². The molecule has 0 radical (unpaired) electrons. The summed E-state index contributed by atoms with van der Waals surface area (Å²) in [6, 6.07) is 7.26. The molecule has 0 spiro atoms. The number of rotatable bonds is 1. The predicted molar refractivity (Wildman–Crippen MR) is 75.1 cm³/mol. The molecule has 0 aliphatic rings. The number of hydrogen-bond acceptors (Lipinski definition) is 2. The average molecular weight is 294 g/mol. The normalized spacial score (nSPS) is 11.2. The Kier molecular flexibility index (Phi) is 2.87. The van der Waals surface area contributed by atoms with Crippen LogP contribution < -0.4 is 5.73 Å². The summed E-state index contributed by atoms with van der Waals surface area (Å²) in [6.45, 7) is 1.92. The molecule has 3 nitrogen and oxygen atoms in total. The Bertz CT molecular complexity index is 804. The first kappa shape index (κ1) is 12.9. The van der Waals surface area contributed by atoms with Gasteiger partial charge >= 0.3 is 0 Å². The van der Waals surface area contributed by atoms with Crippen LogP contribution in [0.5, 0.6) is 0 Å². The minimum atomic E-state index is -0.790. The monoisotopic (exact) mass is 293 g/mol. The van der Waals surface area contributed by atoms with Gasteiger partial charge in [0.1, 0.15) is 11.5 Å². The number of imidazole rings is 1. The van der Waals surface area contributed by atoms with Crippen LogP contribution >= 0.6 is 11.6 Å². The van der Waals surface area contributed by atoms with Crippen molar-refractivity contribution < 1.29 is 8.78 Å². The van der Waals surface area contributed by atoms with Gasteiger partial charge in [-0.15, -0.1) is 0 Å². The van der Waals surface area contributed by atoms with Crippen LogP contribution in [0.3, 0.4) is 0 Å². The lowest BCUT2D eigenvalue weighted by Gasteiger charge is -2.10. The van der Waals surface area contributed by atoms with Crippen LogP contribution in [-0.2, 0) is 0 Å². The van der Waals surface area contributed by atoms with Gasteiger partial charge in [0, 0.05) is 6.07 Å². The number of nitrogens with two attached hydrogens (primary N) is 1. The van der Waals surface area contributed by atoms with Crippen LogP contribution in [0.2, 0.25) is 5.02 Å². The molecule has 20 heavy (non-hydrogen) atoms. The second-order valence-corrected chi connectivity index (χ2v) is 4.92. The number of nitrogen functional groups attached to an aromatic ring is 1. The van der Waals surface area contributed by atoms with Crippen molar-refractivity contribution in [3.8, 4) is 5.69 Å². The van der Waals surface area contributed by atoms with Crippen molar-refractivity contribution in [3.05, 3.63) is 52.6 Å². The van der Waals surface area contributed by atoms with E-state index >= 15 is 0 Å². The molecule has 1 heterocycles. The highest BCUT2D eigenvalue weighted by Crippen LogP contribution is 2.31. The Hall–Kier alpha value is -2.14. The molecule has 0 amide bonds. The zero-order valence-electron chi connectivity index (χ0n) is 10.5. The molecular weight excluding hydrogens is 284 g/mol. The van der Waals surface area contributed by atoms with Crippen LogP contribution in [0.1, 0.15) is 5.56 Å². The number of halogens is 3. The Morgan fingerprint density at radius 3 is 2.65 bits per heavy atom. The van der Waals surface area contributed by atoms with E-state index in [1.807, 2.05) is 19.1 Å². The van der Waals surface area contributed by atoms with E-state index in [0.29, 0.717) is 11.0 Å². The quantitative estimate of drug-likeness (QED) is 0.740. The van der Waals surface area contributed by atoms with E-state index in [-0.39, 0.29) is 16.7 Å². The van der Waals surface area contributed by atoms with Crippen LogP contribution in [0.15, 0.2) is 30.3 Å².